The molecule has 1 amide bonds. The molecule has 3 aromatic heterocycles. The van der Waals surface area contributed by atoms with E-state index in [0.29, 0.717) is 74.2 Å². The molecule has 1 aromatic carbocycles. The second-order valence-corrected chi connectivity index (χ2v) is 12.9. The highest BCUT2D eigenvalue weighted by Gasteiger charge is 2.32. The zero-order valence-corrected chi connectivity index (χ0v) is 25.1. The molecule has 3 fully saturated rings. The van der Waals surface area contributed by atoms with Crippen molar-refractivity contribution >= 4 is 44.7 Å². The first kappa shape index (κ1) is 27.4. The van der Waals surface area contributed by atoms with Crippen molar-refractivity contribution in [3.63, 3.8) is 0 Å². The summed E-state index contributed by atoms with van der Waals surface area (Å²) in [5.74, 6) is 3.98. The maximum absolute atomic E-state index is 13.9. The number of hydrogen-bond acceptors (Lipinski definition) is 9. The van der Waals surface area contributed by atoms with Crippen molar-refractivity contribution in [3.8, 4) is 5.95 Å². The summed E-state index contributed by atoms with van der Waals surface area (Å²) in [5.41, 5.74) is 3.09. The van der Waals surface area contributed by atoms with Gasteiger partial charge in [-0.1, -0.05) is 19.1 Å². The van der Waals surface area contributed by atoms with Crippen molar-refractivity contribution in [1.82, 2.24) is 38.9 Å². The molecule has 0 atom stereocenters. The normalized spacial score (nSPS) is 22.3. The fraction of sp³-hybridized carbons (Fsp3) is 0.552. The number of carbonyl (C=O) groups is 1. The maximum atomic E-state index is 13.9. The van der Waals surface area contributed by atoms with Gasteiger partial charge in [0.05, 0.1) is 24.2 Å². The van der Waals surface area contributed by atoms with Gasteiger partial charge in [-0.15, -0.1) is 0 Å². The third kappa shape index (κ3) is 4.86. The van der Waals surface area contributed by atoms with Gasteiger partial charge in [-0.05, 0) is 25.0 Å². The lowest BCUT2D eigenvalue weighted by Crippen LogP contribution is -2.53. The van der Waals surface area contributed by atoms with Crippen molar-refractivity contribution in [2.75, 3.05) is 68.9 Å². The average Bonchev–Trinajstić information content (AvgIpc) is 3.58. The molecule has 6 heterocycles. The number of imidazole rings is 2. The molecule has 3 aliphatic rings. The van der Waals surface area contributed by atoms with Crippen molar-refractivity contribution in [2.45, 2.75) is 32.2 Å². The number of rotatable bonds is 5. The molecule has 0 saturated carbocycles. The van der Waals surface area contributed by atoms with E-state index < -0.39 is 10.8 Å². The lowest BCUT2D eigenvalue weighted by molar-refractivity contribution is 0.0545. The van der Waals surface area contributed by atoms with Crippen molar-refractivity contribution in [3.05, 3.63) is 35.9 Å². The number of anilines is 1. The predicted molar refractivity (Wildman–Crippen MR) is 162 cm³/mol. The van der Waals surface area contributed by atoms with Crippen LogP contribution in [0.5, 0.6) is 0 Å². The molecule has 0 spiro atoms. The number of hydrogen-bond donors (Lipinski definition) is 0. The molecule has 7 rings (SSSR count). The Bertz CT molecular complexity index is 1640. The second kappa shape index (κ2) is 11.3. The number of piperazine rings is 1. The smallest absolute Gasteiger partial charge is 0.290 e. The molecule has 3 saturated heterocycles. The monoisotopic (exact) mass is 591 g/mol. The van der Waals surface area contributed by atoms with Gasteiger partial charge in [-0.25, -0.2) is 9.97 Å². The van der Waals surface area contributed by atoms with Gasteiger partial charge in [0.15, 0.2) is 17.0 Å². The highest BCUT2D eigenvalue weighted by atomic mass is 32.2. The van der Waals surface area contributed by atoms with Crippen LogP contribution < -0.4 is 4.90 Å². The van der Waals surface area contributed by atoms with E-state index in [-0.39, 0.29) is 5.91 Å². The van der Waals surface area contributed by atoms with Crippen molar-refractivity contribution in [2.24, 2.45) is 7.05 Å². The summed E-state index contributed by atoms with van der Waals surface area (Å²) in [6.07, 6.45) is 2.67. The first-order chi connectivity index (χ1) is 20.5. The fourth-order valence-corrected chi connectivity index (χ4v) is 7.71. The number of benzene rings is 1. The molecule has 0 aliphatic carbocycles. The lowest BCUT2D eigenvalue weighted by atomic mass is 10.1. The maximum Gasteiger partial charge on any atom is 0.290 e. The number of fused-ring (bicyclic) bond motifs is 2. The fourth-order valence-electron chi connectivity index (χ4n) is 6.44. The number of carbonyl (C=O) groups excluding carboxylic acids is 1. The van der Waals surface area contributed by atoms with Gasteiger partial charge in [0.2, 0.25) is 11.8 Å². The van der Waals surface area contributed by atoms with Crippen LogP contribution in [0.1, 0.15) is 36.2 Å². The van der Waals surface area contributed by atoms with Gasteiger partial charge < -0.3 is 19.1 Å². The lowest BCUT2D eigenvalue weighted by Gasteiger charge is -2.40. The van der Waals surface area contributed by atoms with E-state index in [4.69, 9.17) is 24.7 Å². The number of aryl methyl sites for hydroxylation is 2. The van der Waals surface area contributed by atoms with E-state index in [9.17, 15) is 9.00 Å². The predicted octanol–water partition coefficient (Wildman–Crippen LogP) is 1.77. The Morgan fingerprint density at radius 3 is 2.45 bits per heavy atom. The quantitative estimate of drug-likeness (QED) is 0.343. The molecule has 0 unspecified atom stereocenters. The van der Waals surface area contributed by atoms with Gasteiger partial charge in [-0.2, -0.15) is 9.97 Å². The molecular formula is C29H37N9O3S. The minimum absolute atomic E-state index is 0.0864. The number of para-hydroxylation sites is 2. The molecule has 0 bridgehead atoms. The Balaban J connectivity index is 1.24. The van der Waals surface area contributed by atoms with Gasteiger partial charge in [-0.3, -0.25) is 18.5 Å². The molecule has 13 heteroatoms. The van der Waals surface area contributed by atoms with Crippen LogP contribution in [-0.4, -0.2) is 119 Å². The summed E-state index contributed by atoms with van der Waals surface area (Å²) in [5, 5.41) is 0. The SMILES string of the molecule is CCc1nc2ccccc2n1-c1nc(N2CCOCC2)c2nc(C(=O)N3CCN(C4CCS(=O)CC4)CC3)n(C)c2n1. The van der Waals surface area contributed by atoms with Gasteiger partial charge in [0, 0.05) is 81.1 Å². The molecule has 42 heavy (non-hydrogen) atoms. The van der Waals surface area contributed by atoms with Crippen LogP contribution in [0.15, 0.2) is 24.3 Å². The largest absolute Gasteiger partial charge is 0.378 e. The molecule has 222 valence electrons. The number of amides is 1. The molecule has 12 nitrogen and oxygen atoms in total. The van der Waals surface area contributed by atoms with E-state index in [1.807, 2.05) is 45.3 Å². The molecule has 3 aliphatic heterocycles. The van der Waals surface area contributed by atoms with Gasteiger partial charge in [0.25, 0.3) is 5.91 Å². The van der Waals surface area contributed by atoms with Crippen LogP contribution in [0.4, 0.5) is 5.82 Å². The van der Waals surface area contributed by atoms with E-state index >= 15 is 0 Å². The Morgan fingerprint density at radius 1 is 0.976 bits per heavy atom. The number of nitrogens with zero attached hydrogens (tertiary/aromatic N) is 9. The summed E-state index contributed by atoms with van der Waals surface area (Å²) >= 11 is 0. The summed E-state index contributed by atoms with van der Waals surface area (Å²) in [7, 11) is 1.20. The van der Waals surface area contributed by atoms with E-state index in [1.165, 1.54) is 0 Å². The van der Waals surface area contributed by atoms with Crippen LogP contribution >= 0.6 is 0 Å². The van der Waals surface area contributed by atoms with Crippen LogP contribution in [0.3, 0.4) is 0 Å². The zero-order chi connectivity index (χ0) is 28.8. The molecule has 0 radical (unpaired) electrons. The minimum atomic E-state index is -0.669. The summed E-state index contributed by atoms with van der Waals surface area (Å²) < 4.78 is 21.3. The summed E-state index contributed by atoms with van der Waals surface area (Å²) in [6.45, 7) is 7.61. The summed E-state index contributed by atoms with van der Waals surface area (Å²) in [4.78, 5) is 40.2. The van der Waals surface area contributed by atoms with E-state index in [0.717, 1.165) is 60.7 Å². The molecule has 4 aromatic rings. The second-order valence-electron chi connectivity index (χ2n) is 11.2. The van der Waals surface area contributed by atoms with Crippen molar-refractivity contribution in [1.29, 1.82) is 0 Å². The van der Waals surface area contributed by atoms with Crippen LogP contribution in [0, 0.1) is 0 Å². The Hall–Kier alpha value is -3.42. The topological polar surface area (TPSA) is 115 Å². The molecule has 0 N–H and O–H groups in total. The number of aromatic nitrogens is 6. The standard InChI is InChI=1S/C29H37N9O3S/c1-3-23-30-21-6-4-5-7-22(21)38(23)29-32-25-24(26(33-29)36-14-16-41-17-15-36)31-27(34(25)2)28(39)37-12-10-35(11-13-37)20-8-18-42(40)19-9-20/h4-7,20H,3,8-19H2,1-2H3. The van der Waals surface area contributed by atoms with E-state index in [2.05, 4.69) is 16.7 Å². The first-order valence-electron chi connectivity index (χ1n) is 14.9. The highest BCUT2D eigenvalue weighted by Crippen LogP contribution is 2.29. The van der Waals surface area contributed by atoms with Crippen molar-refractivity contribution < 1.29 is 13.7 Å². The van der Waals surface area contributed by atoms with Crippen LogP contribution in [0.2, 0.25) is 0 Å². The van der Waals surface area contributed by atoms with Gasteiger partial charge >= 0.3 is 0 Å². The van der Waals surface area contributed by atoms with Gasteiger partial charge in [0.1, 0.15) is 5.82 Å². The van der Waals surface area contributed by atoms with Crippen LogP contribution in [-0.2, 0) is 29.0 Å². The third-order valence-corrected chi connectivity index (χ3v) is 10.2. The summed E-state index contributed by atoms with van der Waals surface area (Å²) in [6, 6.07) is 8.49. The number of morpholine rings is 1. The molecular weight excluding hydrogens is 554 g/mol. The Labute approximate surface area is 247 Å². The number of ether oxygens (including phenoxy) is 1. The Morgan fingerprint density at radius 2 is 1.71 bits per heavy atom. The average molecular weight is 592 g/mol. The zero-order valence-electron chi connectivity index (χ0n) is 24.2. The highest BCUT2D eigenvalue weighted by molar-refractivity contribution is 7.85. The third-order valence-electron chi connectivity index (χ3n) is 8.81. The van der Waals surface area contributed by atoms with E-state index in [1.54, 1.807) is 0 Å². The Kier molecular flexibility index (Phi) is 7.40. The van der Waals surface area contributed by atoms with Crippen LogP contribution in [0.25, 0.3) is 28.1 Å². The first-order valence-corrected chi connectivity index (χ1v) is 16.4. The minimum Gasteiger partial charge on any atom is -0.378 e.